The van der Waals surface area contributed by atoms with E-state index in [0.717, 1.165) is 6.42 Å². The molecule has 2 fully saturated rings. The van der Waals surface area contributed by atoms with Gasteiger partial charge in [-0.3, -0.25) is 0 Å². The fraction of sp³-hybridized carbons (Fsp3) is 0.588. The number of fused-ring (bicyclic) bond motifs is 2. The summed E-state index contributed by atoms with van der Waals surface area (Å²) in [5.41, 5.74) is 1.15. The molecule has 114 valence electrons. The molecule has 3 atom stereocenters. The van der Waals surface area contributed by atoms with Crippen molar-refractivity contribution in [3.05, 3.63) is 29.3 Å². The molecule has 1 aromatic carbocycles. The van der Waals surface area contributed by atoms with Crippen LogP contribution in [0.25, 0.3) is 0 Å². The molecule has 0 saturated heterocycles. The Labute approximate surface area is 131 Å². The molecule has 21 heavy (non-hydrogen) atoms. The van der Waals surface area contributed by atoms with E-state index in [1.165, 1.54) is 12.8 Å². The molecular formula is C17H23ClN2O. The van der Waals surface area contributed by atoms with Crippen LogP contribution in [0.3, 0.4) is 0 Å². The normalized spacial score (nSPS) is 33.0. The average molecular weight is 307 g/mol. The van der Waals surface area contributed by atoms with Gasteiger partial charge in [0.25, 0.3) is 0 Å². The van der Waals surface area contributed by atoms with Crippen molar-refractivity contribution >= 4 is 23.3 Å². The maximum Gasteiger partial charge on any atom is 0.319 e. The number of benzene rings is 1. The van der Waals surface area contributed by atoms with Crippen molar-refractivity contribution in [2.24, 2.45) is 16.7 Å². The van der Waals surface area contributed by atoms with Crippen LogP contribution in [0.4, 0.5) is 10.5 Å². The first kappa shape index (κ1) is 14.7. The molecule has 0 aliphatic heterocycles. The van der Waals surface area contributed by atoms with Crippen LogP contribution in [0.1, 0.15) is 40.0 Å². The third-order valence-corrected chi connectivity index (χ3v) is 6.55. The second-order valence-electron chi connectivity index (χ2n) is 7.24. The van der Waals surface area contributed by atoms with Crippen molar-refractivity contribution < 1.29 is 4.79 Å². The summed E-state index contributed by atoms with van der Waals surface area (Å²) >= 11 is 6.08. The highest BCUT2D eigenvalue weighted by atomic mass is 35.5. The van der Waals surface area contributed by atoms with Crippen LogP contribution in [-0.2, 0) is 0 Å². The summed E-state index contributed by atoms with van der Waals surface area (Å²) < 4.78 is 0. The molecule has 2 N–H and O–H groups in total. The highest BCUT2D eigenvalue weighted by molar-refractivity contribution is 6.33. The van der Waals surface area contributed by atoms with Crippen LogP contribution in [0.2, 0.25) is 5.02 Å². The predicted octanol–water partition coefficient (Wildman–Crippen LogP) is 4.68. The first-order valence-corrected chi connectivity index (χ1v) is 8.04. The van der Waals surface area contributed by atoms with Crippen LogP contribution in [-0.4, -0.2) is 12.1 Å². The van der Waals surface area contributed by atoms with Gasteiger partial charge in [-0.25, -0.2) is 4.79 Å². The first-order valence-electron chi connectivity index (χ1n) is 7.66. The van der Waals surface area contributed by atoms with E-state index in [4.69, 9.17) is 11.6 Å². The number of para-hydroxylation sites is 1. The van der Waals surface area contributed by atoms with Crippen LogP contribution < -0.4 is 10.6 Å². The zero-order valence-corrected chi connectivity index (χ0v) is 13.6. The molecule has 2 aliphatic carbocycles. The summed E-state index contributed by atoms with van der Waals surface area (Å²) in [6.45, 7) is 7.01. The van der Waals surface area contributed by atoms with Gasteiger partial charge in [-0.05, 0) is 48.1 Å². The number of hydrogen-bond acceptors (Lipinski definition) is 1. The molecule has 3 nitrogen and oxygen atoms in total. The largest absolute Gasteiger partial charge is 0.335 e. The monoisotopic (exact) mass is 306 g/mol. The van der Waals surface area contributed by atoms with E-state index in [1.54, 1.807) is 6.07 Å². The summed E-state index contributed by atoms with van der Waals surface area (Å²) in [6, 6.07) is 7.40. The van der Waals surface area contributed by atoms with E-state index >= 15 is 0 Å². The number of nitrogens with one attached hydrogen (secondary N) is 2. The molecule has 2 saturated carbocycles. The van der Waals surface area contributed by atoms with E-state index < -0.39 is 0 Å². The van der Waals surface area contributed by atoms with Crippen molar-refractivity contribution in [2.75, 3.05) is 5.32 Å². The Hall–Kier alpha value is -1.22. The molecule has 0 spiro atoms. The third-order valence-electron chi connectivity index (χ3n) is 6.22. The molecule has 2 aliphatic rings. The van der Waals surface area contributed by atoms with Crippen LogP contribution in [0, 0.1) is 16.7 Å². The topological polar surface area (TPSA) is 41.1 Å². The van der Waals surface area contributed by atoms with Crippen molar-refractivity contribution in [1.82, 2.24) is 5.32 Å². The lowest BCUT2D eigenvalue weighted by Crippen LogP contribution is -2.48. The number of halogens is 1. The van der Waals surface area contributed by atoms with Gasteiger partial charge >= 0.3 is 6.03 Å². The predicted molar refractivity (Wildman–Crippen MR) is 86.6 cm³/mol. The quantitative estimate of drug-likeness (QED) is 0.818. The summed E-state index contributed by atoms with van der Waals surface area (Å²) in [5.74, 6) is 0.716. The Bertz CT molecular complexity index is 572. The molecule has 0 heterocycles. The number of anilines is 1. The molecule has 3 rings (SSSR count). The van der Waals surface area contributed by atoms with Crippen LogP contribution >= 0.6 is 11.6 Å². The zero-order valence-electron chi connectivity index (χ0n) is 12.9. The number of carbonyl (C=O) groups excluding carboxylic acids is 1. The molecule has 4 heteroatoms. The number of urea groups is 1. The van der Waals surface area contributed by atoms with Gasteiger partial charge in [-0.15, -0.1) is 0 Å². The standard InChI is InChI=1S/C17H23ClN2O/c1-16(2)11-8-9-17(16,3)14(10-11)20-15(21)19-13-7-5-4-6-12(13)18/h4-7,11,14H,8-10H2,1-3H3,(H2,19,20,21)/t11-,14-,17+/m1/s1. The van der Waals surface area contributed by atoms with E-state index in [0.29, 0.717) is 22.0 Å². The molecule has 0 radical (unpaired) electrons. The van der Waals surface area contributed by atoms with Gasteiger partial charge in [0.1, 0.15) is 0 Å². The molecular weight excluding hydrogens is 284 g/mol. The lowest BCUT2D eigenvalue weighted by molar-refractivity contribution is 0.125. The van der Waals surface area contributed by atoms with E-state index in [-0.39, 0.29) is 17.5 Å². The Kier molecular flexibility index (Phi) is 3.44. The lowest BCUT2D eigenvalue weighted by atomic mass is 9.69. The summed E-state index contributed by atoms with van der Waals surface area (Å²) in [5, 5.41) is 6.59. The molecule has 2 amide bonds. The Morgan fingerprint density at radius 3 is 2.57 bits per heavy atom. The highest BCUT2D eigenvalue weighted by Gasteiger charge is 2.61. The van der Waals surface area contributed by atoms with Gasteiger partial charge < -0.3 is 10.6 Å². The van der Waals surface area contributed by atoms with Gasteiger partial charge in [0.15, 0.2) is 0 Å². The van der Waals surface area contributed by atoms with Gasteiger partial charge in [-0.1, -0.05) is 44.5 Å². The second kappa shape index (κ2) is 4.91. The summed E-state index contributed by atoms with van der Waals surface area (Å²) in [7, 11) is 0. The molecule has 0 unspecified atom stereocenters. The number of carbonyl (C=O) groups is 1. The minimum absolute atomic E-state index is 0.155. The van der Waals surface area contributed by atoms with Crippen molar-refractivity contribution in [3.63, 3.8) is 0 Å². The SMILES string of the molecule is CC1(C)[C@@H]2CC[C@@]1(C)[C@H](NC(=O)Nc1ccccc1Cl)C2. The number of amides is 2. The fourth-order valence-electron chi connectivity index (χ4n) is 4.30. The van der Waals surface area contributed by atoms with Gasteiger partial charge in [0.2, 0.25) is 0 Å². The van der Waals surface area contributed by atoms with Gasteiger partial charge in [0, 0.05) is 6.04 Å². The highest BCUT2D eigenvalue weighted by Crippen LogP contribution is 2.65. The van der Waals surface area contributed by atoms with E-state index in [2.05, 4.69) is 31.4 Å². The summed E-state index contributed by atoms with van der Waals surface area (Å²) in [6.07, 6.45) is 3.56. The van der Waals surface area contributed by atoms with Crippen LogP contribution in [0.5, 0.6) is 0 Å². The summed E-state index contributed by atoms with van der Waals surface area (Å²) in [4.78, 5) is 12.3. The van der Waals surface area contributed by atoms with Crippen LogP contribution in [0.15, 0.2) is 24.3 Å². The van der Waals surface area contributed by atoms with Gasteiger partial charge in [0.05, 0.1) is 10.7 Å². The third kappa shape index (κ3) is 2.22. The number of rotatable bonds is 2. The fourth-order valence-corrected chi connectivity index (χ4v) is 4.48. The Balaban J connectivity index is 1.68. The maximum absolute atomic E-state index is 12.3. The van der Waals surface area contributed by atoms with Crippen molar-refractivity contribution in [2.45, 2.75) is 46.1 Å². The molecule has 1 aromatic rings. The Morgan fingerprint density at radius 1 is 1.29 bits per heavy atom. The number of hydrogen-bond donors (Lipinski definition) is 2. The molecule has 0 aromatic heterocycles. The minimum Gasteiger partial charge on any atom is -0.335 e. The van der Waals surface area contributed by atoms with Gasteiger partial charge in [-0.2, -0.15) is 0 Å². The maximum atomic E-state index is 12.3. The lowest BCUT2D eigenvalue weighted by Gasteiger charge is -2.39. The van der Waals surface area contributed by atoms with E-state index in [9.17, 15) is 4.79 Å². The van der Waals surface area contributed by atoms with E-state index in [1.807, 2.05) is 18.2 Å². The minimum atomic E-state index is -0.155. The smallest absolute Gasteiger partial charge is 0.319 e. The van der Waals surface area contributed by atoms with Crippen molar-refractivity contribution in [1.29, 1.82) is 0 Å². The second-order valence-corrected chi connectivity index (χ2v) is 7.65. The average Bonchev–Trinajstić information content (AvgIpc) is 2.74. The Morgan fingerprint density at radius 2 is 2.00 bits per heavy atom. The van der Waals surface area contributed by atoms with Crippen molar-refractivity contribution in [3.8, 4) is 0 Å². The molecule has 2 bridgehead atoms. The first-order chi connectivity index (χ1) is 9.84. The zero-order chi connectivity index (χ0) is 15.3.